The average Bonchev–Trinajstić information content (AvgIpc) is 2.83. The lowest BCUT2D eigenvalue weighted by Crippen LogP contribution is -2.15. The molecule has 0 fully saturated rings. The van der Waals surface area contributed by atoms with E-state index in [0.29, 0.717) is 17.0 Å². The highest BCUT2D eigenvalue weighted by atomic mass is 35.5. The van der Waals surface area contributed by atoms with Crippen LogP contribution in [0.15, 0.2) is 71.8 Å². The van der Waals surface area contributed by atoms with Crippen molar-refractivity contribution in [1.29, 1.82) is 0 Å². The number of nitrogens with two attached hydrogens (primary N) is 1. The third-order valence-electron chi connectivity index (χ3n) is 5.17. The molecular weight excluding hydrogens is 542 g/mol. The van der Waals surface area contributed by atoms with Gasteiger partial charge >= 0.3 is 12.1 Å². The van der Waals surface area contributed by atoms with Gasteiger partial charge in [-0.1, -0.05) is 35.3 Å². The fourth-order valence-corrected chi connectivity index (χ4v) is 5.06. The van der Waals surface area contributed by atoms with Gasteiger partial charge in [-0.2, -0.15) is 19.1 Å². The molecule has 0 aliphatic heterocycles. The summed E-state index contributed by atoms with van der Waals surface area (Å²) in [5, 5.41) is 0.0546. The monoisotopic (exact) mass is 555 g/mol. The van der Waals surface area contributed by atoms with Gasteiger partial charge in [0.2, 0.25) is 0 Å². The Morgan fingerprint density at radius 2 is 1.75 bits per heavy atom. The molecule has 1 aromatic heterocycles. The van der Waals surface area contributed by atoms with Gasteiger partial charge in [-0.05, 0) is 54.1 Å². The molecule has 0 aliphatic carbocycles. The molecule has 3 aromatic carbocycles. The summed E-state index contributed by atoms with van der Waals surface area (Å²) in [5.41, 5.74) is -0.264. The van der Waals surface area contributed by atoms with Crippen molar-refractivity contribution in [2.75, 3.05) is 4.72 Å². The molecule has 4 aromatic rings. The minimum Gasteiger partial charge on any atom is -0.370 e. The van der Waals surface area contributed by atoms with Crippen LogP contribution in [0.4, 0.5) is 18.9 Å². The van der Waals surface area contributed by atoms with Gasteiger partial charge in [-0.15, -0.1) is 0 Å². The highest BCUT2D eigenvalue weighted by Gasteiger charge is 2.34. The van der Waals surface area contributed by atoms with Crippen molar-refractivity contribution >= 4 is 55.8 Å². The zero-order valence-electron chi connectivity index (χ0n) is 17.8. The molecule has 0 radical (unpaired) electrons. The van der Waals surface area contributed by atoms with Crippen molar-refractivity contribution in [3.05, 3.63) is 88.0 Å². The average molecular weight is 556 g/mol. The van der Waals surface area contributed by atoms with Crippen LogP contribution in [0.1, 0.15) is 15.9 Å². The van der Waals surface area contributed by atoms with Crippen LogP contribution in [0.2, 0.25) is 10.0 Å². The Morgan fingerprint density at radius 1 is 1.00 bits per heavy atom. The second kappa shape index (κ2) is 9.58. The molecule has 0 unspecified atom stereocenters. The quantitative estimate of drug-likeness (QED) is 0.289. The van der Waals surface area contributed by atoms with Crippen molar-refractivity contribution in [3.63, 3.8) is 0 Å². The predicted octanol–water partition coefficient (Wildman–Crippen LogP) is 6.06. The Labute approximate surface area is 212 Å². The van der Waals surface area contributed by atoms with E-state index in [4.69, 9.17) is 29.1 Å². The van der Waals surface area contributed by atoms with Gasteiger partial charge in [0.1, 0.15) is 0 Å². The van der Waals surface area contributed by atoms with Crippen molar-refractivity contribution in [3.8, 4) is 11.1 Å². The minimum absolute atomic E-state index is 0.0159. The van der Waals surface area contributed by atoms with Gasteiger partial charge in [0.15, 0.2) is 0 Å². The molecule has 3 N–H and O–H groups in total. The number of nitrogens with zero attached hydrogens (tertiary/aromatic N) is 1. The van der Waals surface area contributed by atoms with Crippen LogP contribution in [0.5, 0.6) is 0 Å². The molecule has 186 valence electrons. The number of alkyl halides is 3. The standard InChI is InChI=1S/C23H14Cl2F3N3O4S/c24-12-3-8-20(31-36(33,34)13-4-7-19(25)18(11-13)23(26,27)28)17(10-12)14-5-6-16(22(32)35-29)21-15(14)2-1-9-30-21/h1-11,31H,29H2. The number of pyridine rings is 1. The minimum atomic E-state index is -4.85. The molecule has 4 rings (SSSR count). The number of benzene rings is 3. The number of rotatable bonds is 5. The zero-order valence-corrected chi connectivity index (χ0v) is 20.1. The number of hydrogen-bond acceptors (Lipinski definition) is 6. The second-order valence-corrected chi connectivity index (χ2v) is 9.93. The van der Waals surface area contributed by atoms with Crippen LogP contribution >= 0.6 is 23.2 Å². The maximum Gasteiger partial charge on any atom is 0.417 e. The molecule has 0 spiro atoms. The highest BCUT2D eigenvalue weighted by molar-refractivity contribution is 7.92. The molecule has 1 heterocycles. The third kappa shape index (κ3) is 4.96. The number of fused-ring (bicyclic) bond motifs is 1. The first-order valence-electron chi connectivity index (χ1n) is 9.90. The first kappa shape index (κ1) is 25.7. The summed E-state index contributed by atoms with van der Waals surface area (Å²) in [7, 11) is -4.49. The van der Waals surface area contributed by atoms with Gasteiger partial charge in [0.05, 0.1) is 32.2 Å². The lowest BCUT2D eigenvalue weighted by molar-refractivity contribution is -0.137. The fraction of sp³-hybridized carbons (Fsp3) is 0.0435. The topological polar surface area (TPSA) is 111 Å². The molecule has 36 heavy (non-hydrogen) atoms. The van der Waals surface area contributed by atoms with Gasteiger partial charge in [-0.3, -0.25) is 9.71 Å². The van der Waals surface area contributed by atoms with Gasteiger partial charge in [0.25, 0.3) is 10.0 Å². The maximum absolute atomic E-state index is 13.3. The summed E-state index contributed by atoms with van der Waals surface area (Å²) in [6.07, 6.45) is -3.41. The van der Waals surface area contributed by atoms with Crippen molar-refractivity contribution in [2.45, 2.75) is 11.1 Å². The number of hydrogen-bond donors (Lipinski definition) is 2. The third-order valence-corrected chi connectivity index (χ3v) is 7.09. The largest absolute Gasteiger partial charge is 0.417 e. The van der Waals surface area contributed by atoms with E-state index in [1.54, 1.807) is 12.1 Å². The number of nitrogens with one attached hydrogen (secondary N) is 1. The molecule has 13 heteroatoms. The SMILES string of the molecule is NOC(=O)c1ccc(-c2cc(Cl)ccc2NS(=O)(=O)c2ccc(Cl)c(C(F)(F)F)c2)c2cccnc12. The van der Waals surface area contributed by atoms with E-state index >= 15 is 0 Å². The lowest BCUT2D eigenvalue weighted by Gasteiger charge is -2.16. The number of anilines is 1. The highest BCUT2D eigenvalue weighted by Crippen LogP contribution is 2.39. The molecular formula is C23H14Cl2F3N3O4S. The van der Waals surface area contributed by atoms with E-state index in [-0.39, 0.29) is 27.4 Å². The Bertz CT molecular complexity index is 1610. The fourth-order valence-electron chi connectivity index (χ4n) is 3.56. The normalized spacial score (nSPS) is 11.9. The first-order valence-corrected chi connectivity index (χ1v) is 12.1. The first-order chi connectivity index (χ1) is 16.9. The van der Waals surface area contributed by atoms with E-state index in [1.807, 2.05) is 0 Å². The smallest absolute Gasteiger partial charge is 0.370 e. The molecule has 0 aliphatic rings. The van der Waals surface area contributed by atoms with Gasteiger partial charge in [-0.25, -0.2) is 13.2 Å². The second-order valence-electron chi connectivity index (χ2n) is 7.40. The van der Waals surface area contributed by atoms with Crippen LogP contribution < -0.4 is 10.6 Å². The summed E-state index contributed by atoms with van der Waals surface area (Å²) in [6, 6.07) is 12.7. The molecule has 0 saturated carbocycles. The van der Waals surface area contributed by atoms with Crippen LogP contribution in [0.25, 0.3) is 22.0 Å². The lowest BCUT2D eigenvalue weighted by atomic mass is 9.97. The summed E-state index contributed by atoms with van der Waals surface area (Å²) in [6.45, 7) is 0. The maximum atomic E-state index is 13.3. The number of aromatic nitrogens is 1. The Morgan fingerprint density at radius 3 is 2.44 bits per heavy atom. The predicted molar refractivity (Wildman–Crippen MR) is 129 cm³/mol. The molecule has 0 atom stereocenters. The van der Waals surface area contributed by atoms with Crippen LogP contribution in [0.3, 0.4) is 0 Å². The Hall–Kier alpha value is -3.38. The summed E-state index contributed by atoms with van der Waals surface area (Å²) in [4.78, 5) is 19.9. The van der Waals surface area contributed by atoms with E-state index in [0.717, 1.165) is 12.1 Å². The Kier molecular flexibility index (Phi) is 6.84. The van der Waals surface area contributed by atoms with Gasteiger partial charge in [0, 0.05) is 22.2 Å². The summed E-state index contributed by atoms with van der Waals surface area (Å²) < 4.78 is 68.3. The number of carbonyl (C=O) groups is 1. The molecule has 7 nitrogen and oxygen atoms in total. The van der Waals surface area contributed by atoms with Crippen molar-refractivity contribution < 1.29 is 31.2 Å². The van der Waals surface area contributed by atoms with E-state index in [2.05, 4.69) is 14.5 Å². The Balaban J connectivity index is 1.86. The number of halogens is 5. The van der Waals surface area contributed by atoms with Crippen molar-refractivity contribution in [1.82, 2.24) is 4.98 Å². The molecule has 0 bridgehead atoms. The van der Waals surface area contributed by atoms with E-state index in [9.17, 15) is 26.4 Å². The summed E-state index contributed by atoms with van der Waals surface area (Å²) >= 11 is 11.8. The van der Waals surface area contributed by atoms with Crippen LogP contribution in [-0.4, -0.2) is 19.4 Å². The number of carbonyl (C=O) groups excluding carboxylic acids is 1. The zero-order chi connectivity index (χ0) is 26.3. The molecule has 0 saturated heterocycles. The molecule has 0 amide bonds. The van der Waals surface area contributed by atoms with Crippen LogP contribution in [0, 0.1) is 0 Å². The van der Waals surface area contributed by atoms with Crippen LogP contribution in [-0.2, 0) is 21.0 Å². The summed E-state index contributed by atoms with van der Waals surface area (Å²) in [5.74, 6) is 4.18. The van der Waals surface area contributed by atoms with Gasteiger partial charge < -0.3 is 4.84 Å². The number of sulfonamides is 1. The van der Waals surface area contributed by atoms with Crippen molar-refractivity contribution in [2.24, 2.45) is 5.90 Å². The van der Waals surface area contributed by atoms with E-state index < -0.39 is 37.7 Å². The van der Waals surface area contributed by atoms with E-state index in [1.165, 1.54) is 36.5 Å².